The van der Waals surface area contributed by atoms with Crippen molar-refractivity contribution in [3.8, 4) is 0 Å². The van der Waals surface area contributed by atoms with Crippen molar-refractivity contribution >= 4 is 33.0 Å². The van der Waals surface area contributed by atoms with Gasteiger partial charge in [0.2, 0.25) is 5.91 Å². The number of carbonyl (C=O) groups is 2. The first-order valence-electron chi connectivity index (χ1n) is 9.27. The van der Waals surface area contributed by atoms with Crippen LogP contribution >= 0.6 is 0 Å². The first-order valence-corrected chi connectivity index (χ1v) is 11.0. The molecule has 1 heterocycles. The molecule has 0 radical (unpaired) electrons. The van der Waals surface area contributed by atoms with Crippen molar-refractivity contribution < 1.29 is 18.0 Å². The molecule has 148 valence electrons. The summed E-state index contributed by atoms with van der Waals surface area (Å²) in [5, 5.41) is 5.15. The first-order chi connectivity index (χ1) is 13.4. The van der Waals surface area contributed by atoms with E-state index in [0.717, 1.165) is 12.8 Å². The number of benzene rings is 1. The van der Waals surface area contributed by atoms with Gasteiger partial charge in [0.05, 0.1) is 11.0 Å². The highest BCUT2D eigenvalue weighted by molar-refractivity contribution is 7.92. The monoisotopic (exact) mass is 401 g/mol. The van der Waals surface area contributed by atoms with Crippen molar-refractivity contribution in [1.29, 1.82) is 0 Å². The Bertz CT molecular complexity index is 939. The molecule has 0 bridgehead atoms. The van der Waals surface area contributed by atoms with Crippen LogP contribution in [0.3, 0.4) is 0 Å². The molecule has 1 aromatic heterocycles. The second kappa shape index (κ2) is 8.97. The number of anilines is 2. The minimum atomic E-state index is -3.22. The van der Waals surface area contributed by atoms with Crippen molar-refractivity contribution in [3.05, 3.63) is 54.4 Å². The Morgan fingerprint density at radius 2 is 1.64 bits per heavy atom. The summed E-state index contributed by atoms with van der Waals surface area (Å²) in [4.78, 5) is 28.2. The van der Waals surface area contributed by atoms with Gasteiger partial charge >= 0.3 is 0 Å². The molecule has 28 heavy (non-hydrogen) atoms. The molecular weight excluding hydrogens is 378 g/mol. The summed E-state index contributed by atoms with van der Waals surface area (Å²) in [7, 11) is -3.22. The average Bonchev–Trinajstić information content (AvgIpc) is 3.23. The number of rotatable bonds is 7. The van der Waals surface area contributed by atoms with Crippen molar-refractivity contribution in [3.63, 3.8) is 0 Å². The van der Waals surface area contributed by atoms with Crippen LogP contribution in [0.5, 0.6) is 0 Å². The van der Waals surface area contributed by atoms with E-state index in [2.05, 4.69) is 15.6 Å². The van der Waals surface area contributed by atoms with Gasteiger partial charge in [-0.05, 0) is 43.2 Å². The van der Waals surface area contributed by atoms with Crippen LogP contribution in [-0.4, -0.2) is 36.2 Å². The Morgan fingerprint density at radius 1 is 1.00 bits per heavy atom. The third-order valence-electron chi connectivity index (χ3n) is 4.77. The zero-order chi connectivity index (χ0) is 20.0. The van der Waals surface area contributed by atoms with Crippen molar-refractivity contribution in [2.24, 2.45) is 0 Å². The van der Waals surface area contributed by atoms with Gasteiger partial charge in [-0.15, -0.1) is 0 Å². The molecule has 0 saturated heterocycles. The molecule has 2 N–H and O–H groups in total. The van der Waals surface area contributed by atoms with Gasteiger partial charge in [0.1, 0.15) is 0 Å². The summed E-state index contributed by atoms with van der Waals surface area (Å²) in [6.07, 6.45) is 6.26. The molecule has 8 heteroatoms. The number of hydrogen-bond acceptors (Lipinski definition) is 5. The van der Waals surface area contributed by atoms with E-state index in [1.807, 2.05) is 0 Å². The predicted molar refractivity (Wildman–Crippen MR) is 108 cm³/mol. The van der Waals surface area contributed by atoms with Gasteiger partial charge in [0.25, 0.3) is 5.91 Å². The zero-order valence-corrected chi connectivity index (χ0v) is 16.2. The molecule has 3 rings (SSSR count). The second-order valence-corrected chi connectivity index (χ2v) is 9.24. The lowest BCUT2D eigenvalue weighted by Gasteiger charge is -2.11. The van der Waals surface area contributed by atoms with Gasteiger partial charge in [-0.1, -0.05) is 18.9 Å². The van der Waals surface area contributed by atoms with Gasteiger partial charge < -0.3 is 10.6 Å². The van der Waals surface area contributed by atoms with Crippen LogP contribution < -0.4 is 10.6 Å². The van der Waals surface area contributed by atoms with Gasteiger partial charge in [-0.25, -0.2) is 8.42 Å². The molecule has 1 aliphatic carbocycles. The topological polar surface area (TPSA) is 105 Å². The molecule has 1 aromatic carbocycles. The number of nitrogens with one attached hydrogen (secondary N) is 2. The number of hydrogen-bond donors (Lipinski definition) is 2. The van der Waals surface area contributed by atoms with Crippen LogP contribution in [-0.2, 0) is 14.6 Å². The van der Waals surface area contributed by atoms with E-state index < -0.39 is 9.84 Å². The fourth-order valence-corrected chi connectivity index (χ4v) is 5.11. The number of carbonyl (C=O) groups excluding carboxylic acids is 2. The highest BCUT2D eigenvalue weighted by Crippen LogP contribution is 2.25. The Kier molecular flexibility index (Phi) is 6.41. The smallest absolute Gasteiger partial charge is 0.255 e. The largest absolute Gasteiger partial charge is 0.326 e. The zero-order valence-electron chi connectivity index (χ0n) is 15.4. The third kappa shape index (κ3) is 5.39. The number of aromatic nitrogens is 1. The van der Waals surface area contributed by atoms with Crippen LogP contribution in [0.15, 0.2) is 48.8 Å². The van der Waals surface area contributed by atoms with E-state index in [1.54, 1.807) is 36.4 Å². The minimum Gasteiger partial charge on any atom is -0.326 e. The average molecular weight is 401 g/mol. The fraction of sp³-hybridized carbons (Fsp3) is 0.350. The molecular formula is C20H23N3O4S. The van der Waals surface area contributed by atoms with E-state index in [4.69, 9.17) is 0 Å². The summed E-state index contributed by atoms with van der Waals surface area (Å²) in [6, 6.07) is 9.93. The predicted octanol–water partition coefficient (Wildman–Crippen LogP) is 3.02. The van der Waals surface area contributed by atoms with Crippen LogP contribution in [0, 0.1) is 0 Å². The lowest BCUT2D eigenvalue weighted by molar-refractivity contribution is -0.115. The highest BCUT2D eigenvalue weighted by Gasteiger charge is 2.28. The Labute approximate surface area is 164 Å². The van der Waals surface area contributed by atoms with Gasteiger partial charge in [-0.2, -0.15) is 0 Å². The summed E-state index contributed by atoms with van der Waals surface area (Å²) in [5.41, 5.74) is 1.50. The van der Waals surface area contributed by atoms with Crippen molar-refractivity contribution in [2.75, 3.05) is 16.4 Å². The van der Waals surface area contributed by atoms with E-state index in [-0.39, 0.29) is 29.2 Å². The molecule has 7 nitrogen and oxygen atoms in total. The first kappa shape index (κ1) is 20.0. The molecule has 1 aliphatic rings. The molecule has 0 atom stereocenters. The molecule has 0 spiro atoms. The standard InChI is InChI=1S/C20H23N3O4S/c24-19(10-13-28(26,27)18-6-1-2-7-18)22-16-4-3-5-17(14-16)23-20(25)15-8-11-21-12-9-15/h3-5,8-9,11-12,14,18H,1-2,6-7,10,13H2,(H,22,24)(H,23,25). The molecule has 1 saturated carbocycles. The van der Waals surface area contributed by atoms with E-state index in [0.29, 0.717) is 29.8 Å². The van der Waals surface area contributed by atoms with Crippen LogP contribution in [0.4, 0.5) is 11.4 Å². The van der Waals surface area contributed by atoms with E-state index >= 15 is 0 Å². The summed E-state index contributed by atoms with van der Waals surface area (Å²) < 4.78 is 24.5. The quantitative estimate of drug-likeness (QED) is 0.742. The molecule has 2 amide bonds. The lowest BCUT2D eigenvalue weighted by atomic mass is 10.2. The number of sulfone groups is 1. The summed E-state index contributed by atoms with van der Waals surface area (Å²) >= 11 is 0. The van der Waals surface area contributed by atoms with Gasteiger partial charge in [0, 0.05) is 35.8 Å². The maximum absolute atomic E-state index is 12.3. The number of nitrogens with zero attached hydrogens (tertiary/aromatic N) is 1. The Morgan fingerprint density at radius 3 is 2.32 bits per heavy atom. The third-order valence-corrected chi connectivity index (χ3v) is 7.03. The molecule has 2 aromatic rings. The molecule has 1 fully saturated rings. The van der Waals surface area contributed by atoms with E-state index in [9.17, 15) is 18.0 Å². The Balaban J connectivity index is 1.55. The van der Waals surface area contributed by atoms with Crippen LogP contribution in [0.2, 0.25) is 0 Å². The van der Waals surface area contributed by atoms with E-state index in [1.165, 1.54) is 12.4 Å². The van der Waals surface area contributed by atoms with Gasteiger partial charge in [-0.3, -0.25) is 14.6 Å². The van der Waals surface area contributed by atoms with Gasteiger partial charge in [0.15, 0.2) is 9.84 Å². The minimum absolute atomic E-state index is 0.0769. The number of pyridine rings is 1. The van der Waals surface area contributed by atoms with Crippen molar-refractivity contribution in [1.82, 2.24) is 4.98 Å². The molecule has 0 aliphatic heterocycles. The maximum atomic E-state index is 12.3. The SMILES string of the molecule is O=C(CCS(=O)(=O)C1CCCC1)Nc1cccc(NC(=O)c2ccncc2)c1. The number of amides is 2. The summed E-state index contributed by atoms with van der Waals surface area (Å²) in [5.74, 6) is -0.783. The van der Waals surface area contributed by atoms with Crippen LogP contribution in [0.1, 0.15) is 42.5 Å². The summed E-state index contributed by atoms with van der Waals surface area (Å²) in [6.45, 7) is 0. The second-order valence-electron chi connectivity index (χ2n) is 6.84. The maximum Gasteiger partial charge on any atom is 0.255 e. The molecule has 0 unspecified atom stereocenters. The van der Waals surface area contributed by atoms with Crippen molar-refractivity contribution in [2.45, 2.75) is 37.4 Å². The normalized spacial score (nSPS) is 14.6. The lowest BCUT2D eigenvalue weighted by Crippen LogP contribution is -2.24. The fourth-order valence-electron chi connectivity index (χ4n) is 3.25. The highest BCUT2D eigenvalue weighted by atomic mass is 32.2. The van der Waals surface area contributed by atoms with Crippen LogP contribution in [0.25, 0.3) is 0 Å². The Hall–Kier alpha value is -2.74.